The first kappa shape index (κ1) is 19.5. The van der Waals surface area contributed by atoms with Crippen molar-refractivity contribution in [2.24, 2.45) is 0 Å². The molecule has 0 spiro atoms. The normalized spacial score (nSPS) is 13.2. The second-order valence-electron chi connectivity index (χ2n) is 7.09. The smallest absolute Gasteiger partial charge is 0.277 e. The Hall–Kier alpha value is -2.80. The lowest BCUT2D eigenvalue weighted by atomic mass is 10.00. The Morgan fingerprint density at radius 1 is 1.10 bits per heavy atom. The van der Waals surface area contributed by atoms with Crippen LogP contribution in [0.5, 0.6) is 5.75 Å². The van der Waals surface area contributed by atoms with Crippen molar-refractivity contribution in [3.63, 3.8) is 0 Å². The van der Waals surface area contributed by atoms with Gasteiger partial charge in [-0.3, -0.25) is 4.79 Å². The largest absolute Gasteiger partial charge is 0.483 e. The Kier molecular flexibility index (Phi) is 5.85. The van der Waals surface area contributed by atoms with Gasteiger partial charge >= 0.3 is 0 Å². The predicted octanol–water partition coefficient (Wildman–Crippen LogP) is 3.94. The zero-order valence-electron chi connectivity index (χ0n) is 16.6. The predicted molar refractivity (Wildman–Crippen MR) is 111 cm³/mol. The summed E-state index contributed by atoms with van der Waals surface area (Å²) >= 11 is 1.27. The molecule has 0 bridgehead atoms. The molecule has 0 atom stereocenters. The summed E-state index contributed by atoms with van der Waals surface area (Å²) in [5.74, 6) is 1.59. The van der Waals surface area contributed by atoms with Crippen LogP contribution in [0.2, 0.25) is 0 Å². The van der Waals surface area contributed by atoms with Crippen LogP contribution >= 0.6 is 11.8 Å². The molecule has 2 heterocycles. The van der Waals surface area contributed by atoms with Gasteiger partial charge in [-0.1, -0.05) is 54.2 Å². The second kappa shape index (κ2) is 8.69. The zero-order chi connectivity index (χ0) is 20.2. The van der Waals surface area contributed by atoms with Crippen LogP contribution in [0.15, 0.2) is 52.1 Å². The third kappa shape index (κ3) is 4.62. The molecule has 1 aliphatic heterocycles. The van der Waals surface area contributed by atoms with Crippen LogP contribution in [-0.4, -0.2) is 33.3 Å². The topological polar surface area (TPSA) is 68.5 Å². The third-order valence-electron chi connectivity index (χ3n) is 5.00. The van der Waals surface area contributed by atoms with Crippen molar-refractivity contribution in [2.75, 3.05) is 12.3 Å². The van der Waals surface area contributed by atoms with Crippen molar-refractivity contribution in [3.8, 4) is 5.75 Å². The fourth-order valence-electron chi connectivity index (χ4n) is 3.44. The lowest BCUT2D eigenvalue weighted by molar-refractivity contribution is -0.129. The summed E-state index contributed by atoms with van der Waals surface area (Å²) in [6.45, 7) is 5.61. The van der Waals surface area contributed by atoms with Crippen molar-refractivity contribution in [3.05, 3.63) is 70.6 Å². The second-order valence-corrected chi connectivity index (χ2v) is 8.02. The van der Waals surface area contributed by atoms with E-state index in [4.69, 9.17) is 9.15 Å². The van der Waals surface area contributed by atoms with E-state index >= 15 is 0 Å². The number of fused-ring (bicyclic) bond motifs is 1. The highest BCUT2D eigenvalue weighted by molar-refractivity contribution is 7.99. The van der Waals surface area contributed by atoms with Crippen molar-refractivity contribution in [2.45, 2.75) is 38.6 Å². The van der Waals surface area contributed by atoms with Gasteiger partial charge < -0.3 is 14.1 Å². The SMILES string of the molecule is Cc1cccc(C)c1OCc1nnc(SCC(=O)N2CCc3ccccc3C2)o1. The first-order chi connectivity index (χ1) is 14.1. The number of rotatable bonds is 6. The number of aryl methyl sites for hydroxylation is 2. The standard InChI is InChI=1S/C22H23N3O3S/c1-15-6-5-7-16(2)21(15)27-13-19-23-24-22(28-19)29-14-20(26)25-11-10-17-8-3-4-9-18(17)12-25/h3-9H,10-14H2,1-2H3. The molecule has 0 saturated heterocycles. The summed E-state index contributed by atoms with van der Waals surface area (Å²) in [6.07, 6.45) is 0.896. The molecule has 2 aromatic carbocycles. The average molecular weight is 410 g/mol. The van der Waals surface area contributed by atoms with Gasteiger partial charge in [0, 0.05) is 13.1 Å². The van der Waals surface area contributed by atoms with E-state index in [1.807, 2.05) is 49.1 Å². The van der Waals surface area contributed by atoms with E-state index in [0.29, 0.717) is 17.7 Å². The van der Waals surface area contributed by atoms with Gasteiger partial charge in [0.15, 0.2) is 6.61 Å². The van der Waals surface area contributed by atoms with Gasteiger partial charge in [0.1, 0.15) is 5.75 Å². The fraction of sp³-hybridized carbons (Fsp3) is 0.318. The van der Waals surface area contributed by atoms with Crippen molar-refractivity contribution < 1.29 is 13.9 Å². The van der Waals surface area contributed by atoms with E-state index in [0.717, 1.165) is 29.8 Å². The number of hydrogen-bond acceptors (Lipinski definition) is 6. The minimum atomic E-state index is 0.0797. The molecule has 6 nitrogen and oxygen atoms in total. The van der Waals surface area contributed by atoms with E-state index in [1.54, 1.807) is 0 Å². The first-order valence-corrected chi connectivity index (χ1v) is 10.6. The maximum Gasteiger partial charge on any atom is 0.277 e. The van der Waals surface area contributed by atoms with Gasteiger partial charge in [0.2, 0.25) is 5.91 Å². The van der Waals surface area contributed by atoms with E-state index in [2.05, 4.69) is 22.3 Å². The van der Waals surface area contributed by atoms with Crippen LogP contribution < -0.4 is 4.74 Å². The summed E-state index contributed by atoms with van der Waals surface area (Å²) in [5, 5.41) is 8.43. The number of benzene rings is 2. The van der Waals surface area contributed by atoms with E-state index in [-0.39, 0.29) is 18.3 Å². The van der Waals surface area contributed by atoms with Gasteiger partial charge in [-0.05, 0) is 42.5 Å². The molecule has 0 saturated carbocycles. The Bertz CT molecular complexity index is 998. The maximum atomic E-state index is 12.6. The molecular weight excluding hydrogens is 386 g/mol. The highest BCUT2D eigenvalue weighted by Crippen LogP contribution is 2.25. The Labute approximate surface area is 174 Å². The van der Waals surface area contributed by atoms with Gasteiger partial charge in [-0.2, -0.15) is 0 Å². The van der Waals surface area contributed by atoms with Crippen LogP contribution in [0.25, 0.3) is 0 Å². The van der Waals surface area contributed by atoms with Crippen LogP contribution in [0.3, 0.4) is 0 Å². The van der Waals surface area contributed by atoms with Crippen LogP contribution in [0, 0.1) is 13.8 Å². The summed E-state index contributed by atoms with van der Waals surface area (Å²) in [5.41, 5.74) is 4.68. The molecule has 7 heteroatoms. The Morgan fingerprint density at radius 3 is 2.66 bits per heavy atom. The molecule has 150 valence electrons. The van der Waals surface area contributed by atoms with Crippen LogP contribution in [0.1, 0.15) is 28.1 Å². The lowest BCUT2D eigenvalue weighted by Gasteiger charge is -2.28. The molecule has 29 heavy (non-hydrogen) atoms. The number of ether oxygens (including phenoxy) is 1. The van der Waals surface area contributed by atoms with Crippen molar-refractivity contribution in [1.29, 1.82) is 0 Å². The highest BCUT2D eigenvalue weighted by atomic mass is 32.2. The first-order valence-electron chi connectivity index (χ1n) is 9.59. The number of hydrogen-bond donors (Lipinski definition) is 0. The summed E-state index contributed by atoms with van der Waals surface area (Å²) in [7, 11) is 0. The van der Waals surface area contributed by atoms with Gasteiger partial charge in [-0.15, -0.1) is 10.2 Å². The molecule has 0 radical (unpaired) electrons. The monoisotopic (exact) mass is 409 g/mol. The number of para-hydroxylation sites is 1. The quantitative estimate of drug-likeness (QED) is 0.575. The number of thioether (sulfide) groups is 1. The summed E-state index contributed by atoms with van der Waals surface area (Å²) < 4.78 is 11.5. The average Bonchev–Trinajstić information content (AvgIpc) is 3.19. The van der Waals surface area contributed by atoms with Gasteiger partial charge in [-0.25, -0.2) is 0 Å². The van der Waals surface area contributed by atoms with Gasteiger partial charge in [0.25, 0.3) is 11.1 Å². The number of nitrogens with zero attached hydrogens (tertiary/aromatic N) is 3. The maximum absolute atomic E-state index is 12.6. The molecule has 3 aromatic rings. The number of carbonyl (C=O) groups excluding carboxylic acids is 1. The number of amides is 1. The molecule has 1 aliphatic rings. The minimum Gasteiger partial charge on any atom is -0.483 e. The number of carbonyl (C=O) groups is 1. The zero-order valence-corrected chi connectivity index (χ0v) is 17.4. The number of aromatic nitrogens is 2. The molecule has 0 fully saturated rings. The van der Waals surface area contributed by atoms with Crippen LogP contribution in [0.4, 0.5) is 0 Å². The van der Waals surface area contributed by atoms with Gasteiger partial charge in [0.05, 0.1) is 5.75 Å². The molecule has 0 aliphatic carbocycles. The van der Waals surface area contributed by atoms with E-state index < -0.39 is 0 Å². The van der Waals surface area contributed by atoms with Crippen molar-refractivity contribution >= 4 is 17.7 Å². The van der Waals surface area contributed by atoms with E-state index in [9.17, 15) is 4.79 Å². The third-order valence-corrected chi connectivity index (χ3v) is 5.80. The van der Waals surface area contributed by atoms with E-state index in [1.165, 1.54) is 22.9 Å². The molecule has 0 unspecified atom stereocenters. The Balaban J connectivity index is 1.29. The highest BCUT2D eigenvalue weighted by Gasteiger charge is 2.21. The summed E-state index contributed by atoms with van der Waals surface area (Å²) in [4.78, 5) is 14.4. The molecule has 1 aromatic heterocycles. The molecule has 4 rings (SSSR count). The van der Waals surface area contributed by atoms with Crippen LogP contribution in [-0.2, 0) is 24.4 Å². The minimum absolute atomic E-state index is 0.0797. The fourth-order valence-corrected chi connectivity index (χ4v) is 4.12. The molecule has 1 amide bonds. The molecule has 0 N–H and O–H groups in total. The Morgan fingerprint density at radius 2 is 1.86 bits per heavy atom. The summed E-state index contributed by atoms with van der Waals surface area (Å²) in [6, 6.07) is 14.3. The van der Waals surface area contributed by atoms with Crippen molar-refractivity contribution in [1.82, 2.24) is 15.1 Å². The lowest BCUT2D eigenvalue weighted by Crippen LogP contribution is -2.37. The molecular formula is C22H23N3O3S.